The highest BCUT2D eigenvalue weighted by atomic mass is 79.9. The molecule has 1 heterocycles. The molecule has 0 aliphatic rings. The van der Waals surface area contributed by atoms with Crippen molar-refractivity contribution in [3.63, 3.8) is 0 Å². The molecule has 20 heavy (non-hydrogen) atoms. The van der Waals surface area contributed by atoms with Gasteiger partial charge in [-0.1, -0.05) is 25.1 Å². The van der Waals surface area contributed by atoms with E-state index in [0.717, 1.165) is 13.0 Å². The minimum Gasteiger partial charge on any atom is -0.306 e. The van der Waals surface area contributed by atoms with Gasteiger partial charge >= 0.3 is 0 Å². The van der Waals surface area contributed by atoms with E-state index in [1.54, 1.807) is 0 Å². The van der Waals surface area contributed by atoms with Crippen molar-refractivity contribution >= 4 is 27.3 Å². The quantitative estimate of drug-likeness (QED) is 0.747. The number of nitrogens with one attached hydrogen (secondary N) is 1. The van der Waals surface area contributed by atoms with Gasteiger partial charge in [-0.05, 0) is 78.0 Å². The molecule has 108 valence electrons. The molecule has 1 unspecified atom stereocenters. The second-order valence-electron chi connectivity index (χ2n) is 5.28. The van der Waals surface area contributed by atoms with Crippen molar-refractivity contribution in [3.8, 4) is 0 Å². The maximum absolute atomic E-state index is 3.70. The van der Waals surface area contributed by atoms with Crippen molar-refractivity contribution in [2.24, 2.45) is 0 Å². The van der Waals surface area contributed by atoms with E-state index in [0.29, 0.717) is 6.04 Å². The summed E-state index contributed by atoms with van der Waals surface area (Å²) in [5.74, 6) is 0. The van der Waals surface area contributed by atoms with Gasteiger partial charge in [0.05, 0.1) is 9.83 Å². The number of hydrogen-bond acceptors (Lipinski definition) is 2. The van der Waals surface area contributed by atoms with Gasteiger partial charge in [-0.3, -0.25) is 0 Å². The Labute approximate surface area is 134 Å². The lowest BCUT2D eigenvalue weighted by Crippen LogP contribution is -2.23. The number of halogens is 1. The van der Waals surface area contributed by atoms with E-state index in [1.165, 1.54) is 30.9 Å². The third-order valence-electron chi connectivity index (χ3n) is 3.72. The Kier molecular flexibility index (Phi) is 5.42. The maximum Gasteiger partial charge on any atom is 0.0731 e. The summed E-state index contributed by atoms with van der Waals surface area (Å²) in [7, 11) is 0. The molecule has 0 spiro atoms. The third-order valence-corrected chi connectivity index (χ3v) is 5.92. The fourth-order valence-electron chi connectivity index (χ4n) is 2.36. The summed E-state index contributed by atoms with van der Waals surface area (Å²) in [5, 5.41) is 3.70. The van der Waals surface area contributed by atoms with Crippen LogP contribution in [0.2, 0.25) is 0 Å². The summed E-state index contributed by atoms with van der Waals surface area (Å²) in [6, 6.07) is 9.19. The van der Waals surface area contributed by atoms with Gasteiger partial charge in [-0.25, -0.2) is 0 Å². The molecule has 0 saturated heterocycles. The van der Waals surface area contributed by atoms with Gasteiger partial charge in [0, 0.05) is 4.88 Å². The van der Waals surface area contributed by atoms with Crippen LogP contribution in [0.25, 0.3) is 0 Å². The minimum absolute atomic E-state index is 0.296. The normalized spacial score (nSPS) is 12.7. The van der Waals surface area contributed by atoms with Crippen LogP contribution in [0.4, 0.5) is 0 Å². The zero-order valence-electron chi connectivity index (χ0n) is 12.6. The molecule has 1 N–H and O–H groups in total. The average Bonchev–Trinajstić information content (AvgIpc) is 2.74. The largest absolute Gasteiger partial charge is 0.306 e. The van der Waals surface area contributed by atoms with Gasteiger partial charge in [0.25, 0.3) is 0 Å². The fourth-order valence-corrected chi connectivity index (χ4v) is 4.03. The van der Waals surface area contributed by atoms with E-state index < -0.39 is 0 Å². The second kappa shape index (κ2) is 6.88. The SMILES string of the molecule is CCCNC(c1cc(C)c(Br)s1)c1cccc(C)c1C. The smallest absolute Gasteiger partial charge is 0.0731 e. The summed E-state index contributed by atoms with van der Waals surface area (Å²) >= 11 is 5.49. The summed E-state index contributed by atoms with van der Waals surface area (Å²) in [6.45, 7) is 9.81. The molecule has 0 aliphatic carbocycles. The zero-order valence-corrected chi connectivity index (χ0v) is 15.0. The zero-order chi connectivity index (χ0) is 14.7. The monoisotopic (exact) mass is 351 g/mol. The Bertz CT molecular complexity index is 569. The topological polar surface area (TPSA) is 12.0 Å². The Hall–Kier alpha value is -0.640. The van der Waals surface area contributed by atoms with E-state index in [4.69, 9.17) is 0 Å². The molecule has 1 atom stereocenters. The molecule has 0 amide bonds. The molecule has 0 aliphatic heterocycles. The molecular weight excluding hydrogens is 330 g/mol. The lowest BCUT2D eigenvalue weighted by Gasteiger charge is -2.21. The maximum atomic E-state index is 3.70. The highest BCUT2D eigenvalue weighted by Crippen LogP contribution is 2.35. The van der Waals surface area contributed by atoms with Gasteiger partial charge in [-0.2, -0.15) is 0 Å². The molecule has 0 bridgehead atoms. The van der Waals surface area contributed by atoms with E-state index in [2.05, 4.69) is 73.2 Å². The van der Waals surface area contributed by atoms with Crippen molar-refractivity contribution < 1.29 is 0 Å². The summed E-state index contributed by atoms with van der Waals surface area (Å²) in [4.78, 5) is 1.39. The highest BCUT2D eigenvalue weighted by Gasteiger charge is 2.19. The van der Waals surface area contributed by atoms with Crippen molar-refractivity contribution in [1.82, 2.24) is 5.32 Å². The number of benzene rings is 1. The summed E-state index contributed by atoms with van der Waals surface area (Å²) in [5.41, 5.74) is 5.47. The van der Waals surface area contributed by atoms with Crippen LogP contribution in [-0.4, -0.2) is 6.54 Å². The molecule has 0 saturated carbocycles. The fraction of sp³-hybridized carbons (Fsp3) is 0.412. The Morgan fingerprint density at radius 3 is 2.55 bits per heavy atom. The van der Waals surface area contributed by atoms with Gasteiger partial charge in [0.1, 0.15) is 0 Å². The van der Waals surface area contributed by atoms with E-state index in [1.807, 2.05) is 11.3 Å². The van der Waals surface area contributed by atoms with Crippen LogP contribution in [0.15, 0.2) is 28.1 Å². The summed E-state index contributed by atoms with van der Waals surface area (Å²) < 4.78 is 1.24. The molecule has 3 heteroatoms. The first-order valence-corrected chi connectivity index (χ1v) is 8.70. The molecule has 0 radical (unpaired) electrons. The van der Waals surface area contributed by atoms with E-state index in [9.17, 15) is 0 Å². The minimum atomic E-state index is 0.296. The van der Waals surface area contributed by atoms with Gasteiger partial charge in [0.2, 0.25) is 0 Å². The lowest BCUT2D eigenvalue weighted by molar-refractivity contribution is 0.603. The first-order valence-electron chi connectivity index (χ1n) is 7.10. The van der Waals surface area contributed by atoms with Gasteiger partial charge in [0.15, 0.2) is 0 Å². The van der Waals surface area contributed by atoms with Crippen LogP contribution in [0.5, 0.6) is 0 Å². The van der Waals surface area contributed by atoms with Gasteiger partial charge in [-0.15, -0.1) is 11.3 Å². The first-order chi connectivity index (χ1) is 9.54. The number of rotatable bonds is 5. The van der Waals surface area contributed by atoms with Crippen molar-refractivity contribution in [1.29, 1.82) is 0 Å². The van der Waals surface area contributed by atoms with Crippen molar-refractivity contribution in [2.75, 3.05) is 6.54 Å². The van der Waals surface area contributed by atoms with E-state index in [-0.39, 0.29) is 0 Å². The number of aryl methyl sites for hydroxylation is 2. The van der Waals surface area contributed by atoms with Crippen molar-refractivity contribution in [2.45, 2.75) is 40.2 Å². The number of thiophene rings is 1. The van der Waals surface area contributed by atoms with Crippen LogP contribution >= 0.6 is 27.3 Å². The van der Waals surface area contributed by atoms with Crippen LogP contribution in [0, 0.1) is 20.8 Å². The molecular formula is C17H22BrNS. The Balaban J connectivity index is 2.44. The van der Waals surface area contributed by atoms with Crippen molar-refractivity contribution in [3.05, 3.63) is 55.2 Å². The van der Waals surface area contributed by atoms with Crippen LogP contribution in [-0.2, 0) is 0 Å². The Morgan fingerprint density at radius 2 is 1.95 bits per heavy atom. The summed E-state index contributed by atoms with van der Waals surface area (Å²) in [6.07, 6.45) is 1.15. The lowest BCUT2D eigenvalue weighted by atomic mass is 9.96. The molecule has 0 fully saturated rings. The van der Waals surface area contributed by atoms with Gasteiger partial charge < -0.3 is 5.32 Å². The molecule has 2 rings (SSSR count). The van der Waals surface area contributed by atoms with E-state index >= 15 is 0 Å². The van der Waals surface area contributed by atoms with Crippen LogP contribution < -0.4 is 5.32 Å². The predicted molar refractivity (Wildman–Crippen MR) is 92.8 cm³/mol. The molecule has 1 nitrogen and oxygen atoms in total. The van der Waals surface area contributed by atoms with Crippen LogP contribution in [0.3, 0.4) is 0 Å². The Morgan fingerprint density at radius 1 is 1.20 bits per heavy atom. The standard InChI is InChI=1S/C17H22BrNS/c1-5-9-19-16(15-10-12(3)17(18)20-15)14-8-6-7-11(2)13(14)4/h6-8,10,16,19H,5,9H2,1-4H3. The predicted octanol–water partition coefficient (Wildman–Crippen LogP) is 5.52. The third kappa shape index (κ3) is 3.33. The molecule has 1 aromatic carbocycles. The highest BCUT2D eigenvalue weighted by molar-refractivity contribution is 9.11. The van der Waals surface area contributed by atoms with Crippen LogP contribution in [0.1, 0.15) is 46.5 Å². The molecule has 1 aromatic heterocycles. The first kappa shape index (κ1) is 15.7. The number of hydrogen-bond donors (Lipinski definition) is 1. The second-order valence-corrected chi connectivity index (χ2v) is 7.68. The average molecular weight is 352 g/mol. The molecule has 2 aromatic rings.